The van der Waals surface area contributed by atoms with Crippen molar-refractivity contribution >= 4 is 7.12 Å². The smallest absolute Gasteiger partial charge is 0.403 e. The molecule has 0 spiro atoms. The molecule has 2 saturated carbocycles. The maximum atomic E-state index is 6.07. The highest BCUT2D eigenvalue weighted by atomic mass is 16.7. The SMILES string of the molecule is CC1(C)OB([C@H]2CC2C2CC2)OC1(C)C. The summed E-state index contributed by atoms with van der Waals surface area (Å²) < 4.78 is 12.1. The van der Waals surface area contributed by atoms with Gasteiger partial charge in [0.15, 0.2) is 0 Å². The lowest BCUT2D eigenvalue weighted by Gasteiger charge is -2.32. The van der Waals surface area contributed by atoms with E-state index in [1.807, 2.05) is 0 Å². The van der Waals surface area contributed by atoms with E-state index >= 15 is 0 Å². The van der Waals surface area contributed by atoms with Crippen molar-refractivity contribution in [3.8, 4) is 0 Å². The maximum absolute atomic E-state index is 6.07. The van der Waals surface area contributed by atoms with Crippen molar-refractivity contribution in [2.75, 3.05) is 0 Å². The van der Waals surface area contributed by atoms with Crippen LogP contribution in [0.3, 0.4) is 0 Å². The van der Waals surface area contributed by atoms with E-state index in [1.165, 1.54) is 19.3 Å². The summed E-state index contributed by atoms with van der Waals surface area (Å²) in [7, 11) is 0.0700. The van der Waals surface area contributed by atoms with Gasteiger partial charge in [0.05, 0.1) is 11.2 Å². The van der Waals surface area contributed by atoms with Crippen molar-refractivity contribution < 1.29 is 9.31 Å². The predicted octanol–water partition coefficient (Wildman–Crippen LogP) is 2.88. The lowest BCUT2D eigenvalue weighted by Crippen LogP contribution is -2.41. The van der Waals surface area contributed by atoms with Crippen LogP contribution in [0.4, 0.5) is 0 Å². The molecule has 2 aliphatic carbocycles. The van der Waals surface area contributed by atoms with E-state index in [9.17, 15) is 0 Å². The van der Waals surface area contributed by atoms with Gasteiger partial charge in [-0.25, -0.2) is 0 Å². The lowest BCUT2D eigenvalue weighted by molar-refractivity contribution is 0.00578. The van der Waals surface area contributed by atoms with E-state index < -0.39 is 0 Å². The average Bonchev–Trinajstić information content (AvgIpc) is 2.96. The molecule has 2 nitrogen and oxygen atoms in total. The van der Waals surface area contributed by atoms with Crippen LogP contribution in [-0.2, 0) is 9.31 Å². The Morgan fingerprint density at radius 1 is 1.00 bits per heavy atom. The minimum Gasteiger partial charge on any atom is -0.403 e. The Hall–Kier alpha value is -0.0151. The first kappa shape index (κ1) is 10.2. The Labute approximate surface area is 92.9 Å². The standard InChI is InChI=1S/C12H21BO2/c1-11(2)12(3,4)15-13(14-11)10-7-9(10)8-5-6-8/h8-10H,5-7H2,1-4H3/t9?,10-/m0/s1. The molecular formula is C12H21BO2. The van der Waals surface area contributed by atoms with E-state index in [0.29, 0.717) is 5.82 Å². The van der Waals surface area contributed by atoms with Crippen LogP contribution in [-0.4, -0.2) is 18.3 Å². The zero-order chi connectivity index (χ0) is 10.8. The molecule has 2 atom stereocenters. The second-order valence-corrected chi connectivity index (χ2v) is 6.53. The minimum absolute atomic E-state index is 0.0700. The van der Waals surface area contributed by atoms with Gasteiger partial charge in [0.2, 0.25) is 0 Å². The van der Waals surface area contributed by atoms with Gasteiger partial charge in [0.1, 0.15) is 0 Å². The quantitative estimate of drug-likeness (QED) is 0.649. The summed E-state index contributed by atoms with van der Waals surface area (Å²) in [6, 6.07) is 0. The highest BCUT2D eigenvalue weighted by Gasteiger charge is 2.61. The van der Waals surface area contributed by atoms with E-state index in [0.717, 1.165) is 11.8 Å². The summed E-state index contributed by atoms with van der Waals surface area (Å²) in [5.41, 5.74) is -0.289. The van der Waals surface area contributed by atoms with Gasteiger partial charge in [0, 0.05) is 0 Å². The molecule has 0 bridgehead atoms. The monoisotopic (exact) mass is 208 g/mol. The minimum atomic E-state index is -0.144. The van der Waals surface area contributed by atoms with E-state index in [4.69, 9.17) is 9.31 Å². The summed E-state index contributed by atoms with van der Waals surface area (Å²) in [5.74, 6) is 2.62. The second kappa shape index (κ2) is 2.81. The van der Waals surface area contributed by atoms with Crippen LogP contribution in [0.2, 0.25) is 5.82 Å². The van der Waals surface area contributed by atoms with Crippen molar-refractivity contribution in [1.29, 1.82) is 0 Å². The molecular weight excluding hydrogens is 187 g/mol. The van der Waals surface area contributed by atoms with Crippen LogP contribution in [0.25, 0.3) is 0 Å². The zero-order valence-electron chi connectivity index (χ0n) is 10.2. The molecule has 0 aromatic carbocycles. The van der Waals surface area contributed by atoms with E-state index in [2.05, 4.69) is 27.7 Å². The van der Waals surface area contributed by atoms with Gasteiger partial charge in [-0.1, -0.05) is 0 Å². The molecule has 3 aliphatic rings. The van der Waals surface area contributed by atoms with Gasteiger partial charge in [-0.15, -0.1) is 0 Å². The molecule has 0 aromatic rings. The van der Waals surface area contributed by atoms with Gasteiger partial charge in [-0.05, 0) is 64.6 Å². The molecule has 0 amide bonds. The van der Waals surface area contributed by atoms with Crippen LogP contribution in [0.15, 0.2) is 0 Å². The Morgan fingerprint density at radius 2 is 1.53 bits per heavy atom. The van der Waals surface area contributed by atoms with Crippen LogP contribution in [0, 0.1) is 11.8 Å². The van der Waals surface area contributed by atoms with Crippen LogP contribution < -0.4 is 0 Å². The van der Waals surface area contributed by atoms with Crippen LogP contribution in [0.5, 0.6) is 0 Å². The third-order valence-electron chi connectivity index (χ3n) is 4.74. The molecule has 3 heteroatoms. The first-order valence-electron chi connectivity index (χ1n) is 6.26. The fourth-order valence-corrected chi connectivity index (χ4v) is 2.68. The van der Waals surface area contributed by atoms with Crippen LogP contribution >= 0.6 is 0 Å². The largest absolute Gasteiger partial charge is 0.461 e. The van der Waals surface area contributed by atoms with Gasteiger partial charge >= 0.3 is 7.12 Å². The fourth-order valence-electron chi connectivity index (χ4n) is 2.68. The fraction of sp³-hybridized carbons (Fsp3) is 1.00. The molecule has 1 unspecified atom stereocenters. The van der Waals surface area contributed by atoms with Crippen molar-refractivity contribution in [1.82, 2.24) is 0 Å². The molecule has 3 rings (SSSR count). The van der Waals surface area contributed by atoms with Gasteiger partial charge in [-0.3, -0.25) is 0 Å². The Morgan fingerprint density at radius 3 is 2.00 bits per heavy atom. The molecule has 1 aliphatic heterocycles. The molecule has 3 fully saturated rings. The summed E-state index contributed by atoms with van der Waals surface area (Å²) in [4.78, 5) is 0. The molecule has 0 N–H and O–H groups in total. The molecule has 1 saturated heterocycles. The first-order chi connectivity index (χ1) is 6.91. The van der Waals surface area contributed by atoms with Gasteiger partial charge in [0.25, 0.3) is 0 Å². The Balaban J connectivity index is 1.66. The van der Waals surface area contributed by atoms with Crippen LogP contribution in [0.1, 0.15) is 47.0 Å². The summed E-state index contributed by atoms with van der Waals surface area (Å²) in [6.45, 7) is 8.56. The summed E-state index contributed by atoms with van der Waals surface area (Å²) in [6.07, 6.45) is 4.23. The van der Waals surface area contributed by atoms with E-state index in [-0.39, 0.29) is 18.3 Å². The van der Waals surface area contributed by atoms with Crippen molar-refractivity contribution in [3.05, 3.63) is 0 Å². The Bertz CT molecular complexity index is 267. The van der Waals surface area contributed by atoms with Gasteiger partial charge < -0.3 is 9.31 Å². The third kappa shape index (κ3) is 1.55. The second-order valence-electron chi connectivity index (χ2n) is 6.53. The first-order valence-corrected chi connectivity index (χ1v) is 6.26. The highest BCUT2D eigenvalue weighted by Crippen LogP contribution is 2.61. The normalized spacial score (nSPS) is 42.0. The number of hydrogen-bond acceptors (Lipinski definition) is 2. The average molecular weight is 208 g/mol. The zero-order valence-corrected chi connectivity index (χ0v) is 10.2. The molecule has 84 valence electrons. The molecule has 0 aromatic heterocycles. The van der Waals surface area contributed by atoms with Gasteiger partial charge in [-0.2, -0.15) is 0 Å². The number of hydrogen-bond donors (Lipinski definition) is 0. The van der Waals surface area contributed by atoms with E-state index in [1.54, 1.807) is 0 Å². The van der Waals surface area contributed by atoms with Crippen molar-refractivity contribution in [2.24, 2.45) is 11.8 Å². The molecule has 1 heterocycles. The lowest BCUT2D eigenvalue weighted by atomic mass is 9.80. The summed E-state index contributed by atoms with van der Waals surface area (Å²) >= 11 is 0. The molecule has 0 radical (unpaired) electrons. The number of rotatable bonds is 2. The highest BCUT2D eigenvalue weighted by molar-refractivity contribution is 6.48. The third-order valence-corrected chi connectivity index (χ3v) is 4.74. The topological polar surface area (TPSA) is 18.5 Å². The summed E-state index contributed by atoms with van der Waals surface area (Å²) in [5, 5.41) is 0. The Kier molecular flexibility index (Phi) is 1.90. The maximum Gasteiger partial charge on any atom is 0.461 e. The van der Waals surface area contributed by atoms with Crippen molar-refractivity contribution in [3.63, 3.8) is 0 Å². The van der Waals surface area contributed by atoms with Crippen molar-refractivity contribution in [2.45, 2.75) is 64.0 Å². The molecule has 15 heavy (non-hydrogen) atoms. The predicted molar refractivity (Wildman–Crippen MR) is 60.7 cm³/mol.